The lowest BCUT2D eigenvalue weighted by Gasteiger charge is -2.29. The molecule has 112 valence electrons. The van der Waals surface area contributed by atoms with Gasteiger partial charge in [0, 0.05) is 27.3 Å². The van der Waals surface area contributed by atoms with E-state index in [1.807, 2.05) is 23.6 Å². The summed E-state index contributed by atoms with van der Waals surface area (Å²) >= 11 is 5.08. The molecule has 3 nitrogen and oxygen atoms in total. The second kappa shape index (κ2) is 5.38. The molecule has 5 heteroatoms. The highest BCUT2D eigenvalue weighted by atomic mass is 79.9. The molecule has 21 heavy (non-hydrogen) atoms. The van der Waals surface area contributed by atoms with E-state index in [4.69, 9.17) is 9.72 Å². The van der Waals surface area contributed by atoms with Gasteiger partial charge >= 0.3 is 0 Å². The highest BCUT2D eigenvalue weighted by molar-refractivity contribution is 9.10. The van der Waals surface area contributed by atoms with Crippen LogP contribution in [-0.2, 0) is 5.41 Å². The molecule has 0 spiro atoms. The van der Waals surface area contributed by atoms with Gasteiger partial charge in [-0.15, -0.1) is 11.3 Å². The Morgan fingerprint density at radius 1 is 1.38 bits per heavy atom. The number of hydrogen-bond donors (Lipinski definition) is 1. The van der Waals surface area contributed by atoms with Crippen LogP contribution < -0.4 is 4.74 Å². The Labute approximate surface area is 137 Å². The van der Waals surface area contributed by atoms with E-state index in [9.17, 15) is 5.11 Å². The van der Waals surface area contributed by atoms with Crippen molar-refractivity contribution in [1.29, 1.82) is 0 Å². The highest BCUT2D eigenvalue weighted by Crippen LogP contribution is 2.42. The number of ether oxygens (including phenoxy) is 1. The van der Waals surface area contributed by atoms with Gasteiger partial charge in [0.2, 0.25) is 0 Å². The van der Waals surface area contributed by atoms with E-state index >= 15 is 0 Å². The monoisotopic (exact) mass is 367 g/mol. The third kappa shape index (κ3) is 3.00. The van der Waals surface area contributed by atoms with Crippen molar-refractivity contribution < 1.29 is 9.84 Å². The van der Waals surface area contributed by atoms with Gasteiger partial charge in [-0.05, 0) is 18.2 Å². The number of aromatic nitrogens is 1. The molecule has 2 atom stereocenters. The Morgan fingerprint density at radius 3 is 2.81 bits per heavy atom. The Balaban J connectivity index is 1.89. The quantitative estimate of drug-likeness (QED) is 0.789. The van der Waals surface area contributed by atoms with Crippen molar-refractivity contribution in [1.82, 2.24) is 4.98 Å². The van der Waals surface area contributed by atoms with E-state index in [-0.39, 0.29) is 11.5 Å². The molecule has 1 aromatic heterocycles. The Hall–Kier alpha value is -0.910. The molecule has 1 aliphatic rings. The molecule has 1 aliphatic heterocycles. The molecular formula is C16H18BrNO2S. The lowest BCUT2D eigenvalue weighted by atomic mass is 9.97. The zero-order valence-electron chi connectivity index (χ0n) is 12.3. The summed E-state index contributed by atoms with van der Waals surface area (Å²) in [6.45, 7) is 6.46. The zero-order valence-corrected chi connectivity index (χ0v) is 14.7. The number of benzene rings is 1. The standard InChI is InChI=1S/C16H18BrNO2S/c1-16(2,3)15-18-11(8-21-15)14-7-12(19)10-6-9(17)4-5-13(10)20-14/h4-6,8,12,14,19H,7H2,1-3H3/t12-,14?/m1/s1. The van der Waals surface area contributed by atoms with Gasteiger partial charge in [0.05, 0.1) is 16.8 Å². The minimum atomic E-state index is -0.518. The van der Waals surface area contributed by atoms with Crippen LogP contribution in [0.15, 0.2) is 28.1 Å². The number of nitrogens with zero attached hydrogens (tertiary/aromatic N) is 1. The average Bonchev–Trinajstić information content (AvgIpc) is 2.89. The topological polar surface area (TPSA) is 42.4 Å². The van der Waals surface area contributed by atoms with Crippen molar-refractivity contribution in [2.45, 2.75) is 44.8 Å². The average molecular weight is 368 g/mol. The van der Waals surface area contributed by atoms with E-state index in [1.54, 1.807) is 11.3 Å². The van der Waals surface area contributed by atoms with Crippen molar-refractivity contribution in [3.05, 3.63) is 44.3 Å². The second-order valence-corrected chi connectivity index (χ2v) is 8.14. The van der Waals surface area contributed by atoms with Gasteiger partial charge in [-0.25, -0.2) is 4.98 Å². The smallest absolute Gasteiger partial charge is 0.144 e. The van der Waals surface area contributed by atoms with Crippen molar-refractivity contribution in [3.63, 3.8) is 0 Å². The maximum atomic E-state index is 10.4. The molecule has 0 saturated heterocycles. The maximum Gasteiger partial charge on any atom is 0.144 e. The second-order valence-electron chi connectivity index (χ2n) is 6.37. The van der Waals surface area contributed by atoms with Gasteiger partial charge in [0.1, 0.15) is 11.9 Å². The first-order valence-electron chi connectivity index (χ1n) is 6.94. The summed E-state index contributed by atoms with van der Waals surface area (Å²) in [6.07, 6.45) is -0.159. The number of hydrogen-bond acceptors (Lipinski definition) is 4. The molecule has 0 amide bonds. The van der Waals surface area contributed by atoms with Crippen LogP contribution >= 0.6 is 27.3 Å². The third-order valence-corrected chi connectivity index (χ3v) is 5.31. The molecular weight excluding hydrogens is 350 g/mol. The van der Waals surface area contributed by atoms with Crippen LogP contribution in [-0.4, -0.2) is 10.1 Å². The molecule has 1 N–H and O–H groups in total. The normalized spacial score (nSPS) is 21.8. The highest BCUT2D eigenvalue weighted by Gasteiger charge is 2.30. The van der Waals surface area contributed by atoms with Crippen molar-refractivity contribution >= 4 is 27.3 Å². The van der Waals surface area contributed by atoms with Gasteiger partial charge in [-0.1, -0.05) is 36.7 Å². The van der Waals surface area contributed by atoms with Gasteiger partial charge in [-0.2, -0.15) is 0 Å². The molecule has 3 rings (SSSR count). The fourth-order valence-electron chi connectivity index (χ4n) is 2.38. The van der Waals surface area contributed by atoms with E-state index in [0.717, 1.165) is 26.5 Å². The summed E-state index contributed by atoms with van der Waals surface area (Å²) in [5.74, 6) is 0.743. The van der Waals surface area contributed by atoms with E-state index < -0.39 is 6.10 Å². The Bertz CT molecular complexity index is 663. The molecule has 0 aliphatic carbocycles. The van der Waals surface area contributed by atoms with Crippen LogP contribution in [0, 0.1) is 0 Å². The Kier molecular flexibility index (Phi) is 3.84. The summed E-state index contributed by atoms with van der Waals surface area (Å²) in [4.78, 5) is 4.70. The van der Waals surface area contributed by atoms with Crippen LogP contribution in [0.25, 0.3) is 0 Å². The molecule has 0 fully saturated rings. The van der Waals surface area contributed by atoms with E-state index in [0.29, 0.717) is 6.42 Å². The minimum absolute atomic E-state index is 0.0406. The fourth-order valence-corrected chi connectivity index (χ4v) is 3.71. The van der Waals surface area contributed by atoms with Gasteiger partial charge in [0.15, 0.2) is 0 Å². The molecule has 0 radical (unpaired) electrons. The van der Waals surface area contributed by atoms with Crippen LogP contribution in [0.5, 0.6) is 5.75 Å². The number of halogens is 1. The third-order valence-electron chi connectivity index (χ3n) is 3.53. The lowest BCUT2D eigenvalue weighted by Crippen LogP contribution is -2.20. The van der Waals surface area contributed by atoms with Gasteiger partial charge in [0.25, 0.3) is 0 Å². The molecule has 1 aromatic carbocycles. The Morgan fingerprint density at radius 2 is 2.14 bits per heavy atom. The first-order chi connectivity index (χ1) is 9.84. The van der Waals surface area contributed by atoms with Crippen LogP contribution in [0.1, 0.15) is 55.7 Å². The number of rotatable bonds is 1. The van der Waals surface area contributed by atoms with E-state index in [1.165, 1.54) is 0 Å². The number of thiazole rings is 1. The zero-order chi connectivity index (χ0) is 15.2. The lowest BCUT2D eigenvalue weighted by molar-refractivity contribution is 0.0638. The summed E-state index contributed by atoms with van der Waals surface area (Å²) < 4.78 is 6.98. The number of aliphatic hydroxyl groups excluding tert-OH is 1. The molecule has 2 heterocycles. The largest absolute Gasteiger partial charge is 0.484 e. The predicted molar refractivity (Wildman–Crippen MR) is 87.9 cm³/mol. The fraction of sp³-hybridized carbons (Fsp3) is 0.438. The minimum Gasteiger partial charge on any atom is -0.484 e. The van der Waals surface area contributed by atoms with Gasteiger partial charge in [-0.3, -0.25) is 0 Å². The van der Waals surface area contributed by atoms with Crippen LogP contribution in [0.4, 0.5) is 0 Å². The SMILES string of the molecule is CC(C)(C)c1nc(C2C[C@@H](O)c3cc(Br)ccc3O2)cs1. The van der Waals surface area contributed by atoms with Crippen LogP contribution in [0.2, 0.25) is 0 Å². The van der Waals surface area contributed by atoms with Crippen LogP contribution in [0.3, 0.4) is 0 Å². The summed E-state index contributed by atoms with van der Waals surface area (Å²) in [5.41, 5.74) is 1.79. The first kappa shape index (κ1) is 15.0. The number of fused-ring (bicyclic) bond motifs is 1. The molecule has 2 aromatic rings. The van der Waals surface area contributed by atoms with Crippen molar-refractivity contribution in [2.24, 2.45) is 0 Å². The summed E-state index contributed by atoms with van der Waals surface area (Å²) in [7, 11) is 0. The molecule has 0 saturated carbocycles. The summed E-state index contributed by atoms with van der Waals surface area (Å²) in [5, 5.41) is 13.5. The van der Waals surface area contributed by atoms with Crippen molar-refractivity contribution in [2.75, 3.05) is 0 Å². The molecule has 1 unspecified atom stereocenters. The summed E-state index contributed by atoms with van der Waals surface area (Å²) in [6, 6.07) is 5.74. The maximum absolute atomic E-state index is 10.4. The number of aliphatic hydroxyl groups is 1. The molecule has 0 bridgehead atoms. The van der Waals surface area contributed by atoms with Crippen molar-refractivity contribution in [3.8, 4) is 5.75 Å². The van der Waals surface area contributed by atoms with Gasteiger partial charge < -0.3 is 9.84 Å². The van der Waals surface area contributed by atoms with E-state index in [2.05, 4.69) is 36.7 Å². The predicted octanol–water partition coefficient (Wildman–Crippen LogP) is 4.76. The first-order valence-corrected chi connectivity index (χ1v) is 8.62.